The molecule has 0 amide bonds. The number of alkyl halides is 4. The van der Waals surface area contributed by atoms with Gasteiger partial charge in [-0.05, 0) is 32.1 Å². The Morgan fingerprint density at radius 2 is 0.971 bits per heavy atom. The van der Waals surface area contributed by atoms with E-state index in [1.165, 1.54) is 0 Å². The number of rotatable bonds is 19. The van der Waals surface area contributed by atoms with E-state index in [4.69, 9.17) is 70.5 Å². The molecule has 0 aliphatic rings. The van der Waals surface area contributed by atoms with Gasteiger partial charge in [0.15, 0.2) is 0 Å². The fourth-order valence-corrected chi connectivity index (χ4v) is 8.40. The molecule has 2 atom stereocenters. The topological polar surface area (TPSA) is 227 Å². The third-order valence-corrected chi connectivity index (χ3v) is 9.85. The molecule has 206 valence electrons. The molecule has 0 aromatic heterocycles. The second-order valence-electron chi connectivity index (χ2n) is 6.79. The van der Waals surface area contributed by atoms with Crippen LogP contribution in [0.25, 0.3) is 0 Å². The van der Waals surface area contributed by atoms with Crippen LogP contribution >= 0.6 is 77.7 Å². The van der Waals surface area contributed by atoms with E-state index in [9.17, 15) is 28.0 Å². The van der Waals surface area contributed by atoms with Gasteiger partial charge in [-0.1, -0.05) is 0 Å². The first-order chi connectivity index (χ1) is 15.3. The molecule has 0 saturated heterocycles. The predicted octanol–water partition coefficient (Wildman–Crippen LogP) is 4.07. The van der Waals surface area contributed by atoms with E-state index < -0.39 is 48.9 Å². The molecule has 0 rings (SSSR count). The summed E-state index contributed by atoms with van der Waals surface area (Å²) in [6.45, 7) is -0.730. The van der Waals surface area contributed by atoms with Crippen molar-refractivity contribution in [3.8, 4) is 0 Å². The van der Waals surface area contributed by atoms with Crippen molar-refractivity contribution in [2.75, 3.05) is 30.1 Å². The van der Waals surface area contributed by atoms with Crippen LogP contribution in [-0.2, 0) is 35.9 Å². The molecule has 0 aromatic carbocycles. The van der Waals surface area contributed by atoms with Crippen LogP contribution in [0.1, 0.15) is 32.1 Å². The maximum atomic E-state index is 12.5. The van der Waals surface area contributed by atoms with Crippen LogP contribution in [0.4, 0.5) is 0 Å². The lowest BCUT2D eigenvalue weighted by Gasteiger charge is -2.50. The molecule has 0 spiro atoms. The largest absolute Gasteiger partial charge is 0.481 e. The van der Waals surface area contributed by atoms with Crippen LogP contribution in [0, 0.1) is 5.41 Å². The van der Waals surface area contributed by atoms with Gasteiger partial charge in [-0.15, -0.1) is 46.4 Å². The van der Waals surface area contributed by atoms with Gasteiger partial charge in [0.05, 0.1) is 12.2 Å². The molecule has 2 unspecified atom stereocenters. The average molecular weight is 660 g/mol. The first-order valence-electron chi connectivity index (χ1n) is 9.11. The van der Waals surface area contributed by atoms with Crippen LogP contribution in [0.5, 0.6) is 0 Å². The van der Waals surface area contributed by atoms with Gasteiger partial charge in [0.2, 0.25) is 0 Å². The Labute approximate surface area is 215 Å². The highest BCUT2D eigenvalue weighted by Gasteiger charge is 2.55. The van der Waals surface area contributed by atoms with Crippen LogP contribution in [0.3, 0.4) is 0 Å². The summed E-state index contributed by atoms with van der Waals surface area (Å²) in [5.41, 5.74) is -3.31. The van der Waals surface area contributed by atoms with Gasteiger partial charge in [0.1, 0.15) is 0 Å². The fraction of sp³-hybridized carbons (Fsp3) is 1.00. The first-order valence-corrected chi connectivity index (χ1v) is 17.3. The van der Waals surface area contributed by atoms with Gasteiger partial charge in [-0.2, -0.15) is 8.62 Å². The van der Waals surface area contributed by atoms with Crippen molar-refractivity contribution in [1.29, 1.82) is 0 Å². The molecule has 22 heteroatoms. The van der Waals surface area contributed by atoms with Gasteiger partial charge < -0.3 is 29.4 Å². The number of phosphoric acid groups is 4. The number of hydrogen-bond donors (Lipinski definition) is 6. The summed E-state index contributed by atoms with van der Waals surface area (Å²) in [4.78, 5) is 55.0. The molecule has 0 saturated carbocycles. The summed E-state index contributed by atoms with van der Waals surface area (Å²) in [6, 6.07) is 0. The molecule has 0 radical (unpaired) electrons. The zero-order valence-corrected chi connectivity index (χ0v) is 23.9. The highest BCUT2D eigenvalue weighted by atomic mass is 35.5. The standard InChI is InChI=1S/C12H26Cl4O14P4/c13-6-1-11(2-7-14,5-10-27-33(23,24)29-31(17,18)19)12(3-8-15,4-9-16)28-34(25,26)30-32(20,21)22/h1-10H2,(H,23,24)(H,25,26)(H2,17,18,19)(H2,20,21,22). The van der Waals surface area contributed by atoms with Crippen molar-refractivity contribution in [3.63, 3.8) is 0 Å². The Morgan fingerprint density at radius 3 is 1.32 bits per heavy atom. The van der Waals surface area contributed by atoms with Crippen molar-refractivity contribution in [2.45, 2.75) is 37.7 Å². The molecule has 0 fully saturated rings. The minimum atomic E-state index is -5.50. The average Bonchev–Trinajstić information content (AvgIpc) is 2.57. The fourth-order valence-electron chi connectivity index (χ4n) is 3.46. The van der Waals surface area contributed by atoms with Crippen molar-refractivity contribution >= 4 is 77.7 Å². The molecule has 0 bridgehead atoms. The van der Waals surface area contributed by atoms with E-state index >= 15 is 0 Å². The molecule has 14 nitrogen and oxygen atoms in total. The van der Waals surface area contributed by atoms with Crippen LogP contribution in [-0.4, -0.2) is 65.1 Å². The lowest BCUT2D eigenvalue weighted by molar-refractivity contribution is -0.0961. The summed E-state index contributed by atoms with van der Waals surface area (Å²) in [7, 11) is -21.6. The Kier molecular flexibility index (Phi) is 15.5. The minimum absolute atomic E-state index is 0.0661. The Morgan fingerprint density at radius 1 is 0.588 bits per heavy atom. The molecule has 6 N–H and O–H groups in total. The quantitative estimate of drug-likeness (QED) is 0.0849. The molecule has 34 heavy (non-hydrogen) atoms. The minimum Gasteiger partial charge on any atom is -0.302 e. The van der Waals surface area contributed by atoms with E-state index in [2.05, 4.69) is 13.1 Å². The normalized spacial score (nSPS) is 17.4. The molecule has 0 aromatic rings. The molecular weight excluding hydrogens is 634 g/mol. The van der Waals surface area contributed by atoms with Crippen molar-refractivity contribution in [1.82, 2.24) is 0 Å². The lowest BCUT2D eigenvalue weighted by atomic mass is 9.63. The Bertz CT molecular complexity index is 807. The van der Waals surface area contributed by atoms with Crippen LogP contribution in [0.15, 0.2) is 0 Å². The van der Waals surface area contributed by atoms with Gasteiger partial charge in [-0.25, -0.2) is 18.3 Å². The number of hydrogen-bond acceptors (Lipinski definition) is 8. The third-order valence-electron chi connectivity index (χ3n) is 4.65. The maximum absolute atomic E-state index is 12.5. The molecule has 0 aliphatic heterocycles. The van der Waals surface area contributed by atoms with Crippen molar-refractivity contribution in [2.24, 2.45) is 5.41 Å². The SMILES string of the molecule is O=P(O)(O)OP(=O)(O)OCCC(CCCl)(CCCl)C(CCCl)(CCCl)OP(=O)(O)OP(=O)(O)O. The van der Waals surface area contributed by atoms with E-state index in [1.807, 2.05) is 0 Å². The first kappa shape index (κ1) is 35.7. The summed E-state index contributed by atoms with van der Waals surface area (Å²) >= 11 is 23.7. The van der Waals surface area contributed by atoms with Gasteiger partial charge >= 0.3 is 31.3 Å². The zero-order chi connectivity index (χ0) is 26.9. The highest BCUT2D eigenvalue weighted by Crippen LogP contribution is 2.64. The highest BCUT2D eigenvalue weighted by molar-refractivity contribution is 7.61. The smallest absolute Gasteiger partial charge is 0.302 e. The lowest BCUT2D eigenvalue weighted by Crippen LogP contribution is -2.52. The van der Waals surface area contributed by atoms with Crippen LogP contribution in [0.2, 0.25) is 0 Å². The number of halogens is 4. The van der Waals surface area contributed by atoms with E-state index in [1.54, 1.807) is 0 Å². The van der Waals surface area contributed by atoms with Gasteiger partial charge in [0, 0.05) is 28.9 Å². The van der Waals surface area contributed by atoms with Crippen molar-refractivity contribution in [3.05, 3.63) is 0 Å². The van der Waals surface area contributed by atoms with E-state index in [0.717, 1.165) is 0 Å². The Balaban J connectivity index is 6.38. The summed E-state index contributed by atoms with van der Waals surface area (Å²) in [5, 5.41) is 0. The summed E-state index contributed by atoms with van der Waals surface area (Å²) < 4.78 is 63.8. The van der Waals surface area contributed by atoms with Crippen molar-refractivity contribution < 1.29 is 65.3 Å². The van der Waals surface area contributed by atoms with Crippen LogP contribution < -0.4 is 0 Å². The Hall–Kier alpha value is 1.68. The molecule has 0 aliphatic carbocycles. The molecule has 0 heterocycles. The number of phosphoric ester groups is 2. The second-order valence-corrected chi connectivity index (χ2v) is 13.9. The maximum Gasteiger partial charge on any atom is 0.481 e. The summed E-state index contributed by atoms with van der Waals surface area (Å²) in [6.07, 6.45) is -0.974. The zero-order valence-electron chi connectivity index (χ0n) is 17.3. The third kappa shape index (κ3) is 13.0. The summed E-state index contributed by atoms with van der Waals surface area (Å²) in [5.74, 6) is -0.700. The van der Waals surface area contributed by atoms with E-state index in [-0.39, 0.29) is 55.6 Å². The van der Waals surface area contributed by atoms with Gasteiger partial charge in [-0.3, -0.25) is 9.05 Å². The second kappa shape index (κ2) is 14.7. The molecular formula is C12H26Cl4O14P4. The van der Waals surface area contributed by atoms with Gasteiger partial charge in [0.25, 0.3) is 0 Å². The predicted molar refractivity (Wildman–Crippen MR) is 124 cm³/mol. The monoisotopic (exact) mass is 658 g/mol. The van der Waals surface area contributed by atoms with E-state index in [0.29, 0.717) is 0 Å².